The number of carbonyl (C=O) groups excluding carboxylic acids is 1. The van der Waals surface area contributed by atoms with Crippen LogP contribution >= 0.6 is 0 Å². The maximum Gasteiger partial charge on any atom is 0.272 e. The van der Waals surface area contributed by atoms with Crippen LogP contribution in [0.5, 0.6) is 0 Å². The van der Waals surface area contributed by atoms with E-state index in [-0.39, 0.29) is 5.91 Å². The zero-order valence-electron chi connectivity index (χ0n) is 12.6. The minimum atomic E-state index is 0.0384. The fourth-order valence-electron chi connectivity index (χ4n) is 2.45. The van der Waals surface area contributed by atoms with E-state index in [0.717, 1.165) is 38.3 Å². The normalized spacial score (nSPS) is 17.9. The molecule has 0 saturated carbocycles. The molecule has 5 heteroatoms. The monoisotopic (exact) mass is 276 g/mol. The molecule has 1 aliphatic heterocycles. The molecule has 0 bridgehead atoms. The fourth-order valence-corrected chi connectivity index (χ4v) is 2.45. The van der Waals surface area contributed by atoms with Gasteiger partial charge in [0, 0.05) is 39.3 Å². The summed E-state index contributed by atoms with van der Waals surface area (Å²) in [6.45, 7) is 7.94. The van der Waals surface area contributed by atoms with Crippen LogP contribution in [0.1, 0.15) is 30.8 Å². The maximum absolute atomic E-state index is 12.4. The van der Waals surface area contributed by atoms with Crippen LogP contribution in [0.4, 0.5) is 5.69 Å². The molecule has 1 amide bonds. The van der Waals surface area contributed by atoms with Gasteiger partial charge in [-0.15, -0.1) is 0 Å². The average Bonchev–Trinajstić information content (AvgIpc) is 2.53. The van der Waals surface area contributed by atoms with Crippen molar-refractivity contribution in [3.05, 3.63) is 24.0 Å². The topological polar surface area (TPSA) is 48.5 Å². The number of nitrogens with one attached hydrogen (secondary N) is 1. The van der Waals surface area contributed by atoms with Crippen LogP contribution in [0, 0.1) is 0 Å². The zero-order valence-corrected chi connectivity index (χ0v) is 12.6. The van der Waals surface area contributed by atoms with Crippen LogP contribution in [0.15, 0.2) is 18.3 Å². The first-order valence-corrected chi connectivity index (χ1v) is 7.32. The molecule has 5 nitrogen and oxygen atoms in total. The van der Waals surface area contributed by atoms with Crippen molar-refractivity contribution < 1.29 is 4.79 Å². The summed E-state index contributed by atoms with van der Waals surface area (Å²) in [6.07, 6.45) is 2.85. The first-order valence-electron chi connectivity index (χ1n) is 7.32. The van der Waals surface area contributed by atoms with E-state index in [1.54, 1.807) is 12.3 Å². The summed E-state index contributed by atoms with van der Waals surface area (Å²) in [7, 11) is 1.84. The van der Waals surface area contributed by atoms with Crippen LogP contribution in [0.3, 0.4) is 0 Å². The Morgan fingerprint density at radius 1 is 1.35 bits per heavy atom. The quantitative estimate of drug-likeness (QED) is 0.909. The molecule has 1 aromatic rings. The van der Waals surface area contributed by atoms with E-state index >= 15 is 0 Å². The second-order valence-electron chi connectivity index (χ2n) is 5.27. The van der Waals surface area contributed by atoms with Crippen molar-refractivity contribution in [2.45, 2.75) is 26.3 Å². The molecule has 20 heavy (non-hydrogen) atoms. The van der Waals surface area contributed by atoms with Crippen LogP contribution in [-0.2, 0) is 0 Å². The van der Waals surface area contributed by atoms with E-state index in [1.165, 1.54) is 0 Å². The molecule has 1 atom stereocenters. The molecule has 1 N–H and O–H groups in total. The van der Waals surface area contributed by atoms with Crippen molar-refractivity contribution in [1.82, 2.24) is 14.8 Å². The van der Waals surface area contributed by atoms with Gasteiger partial charge in [-0.25, -0.2) is 4.98 Å². The van der Waals surface area contributed by atoms with Crippen LogP contribution in [0.2, 0.25) is 0 Å². The second-order valence-corrected chi connectivity index (χ2v) is 5.27. The Morgan fingerprint density at radius 3 is 2.55 bits per heavy atom. The number of piperazine rings is 1. The van der Waals surface area contributed by atoms with E-state index in [2.05, 4.69) is 29.0 Å². The van der Waals surface area contributed by atoms with Gasteiger partial charge in [-0.1, -0.05) is 6.92 Å². The molecular formula is C15H24N4O. The third kappa shape index (κ3) is 3.28. The highest BCUT2D eigenvalue weighted by Crippen LogP contribution is 2.12. The number of rotatable bonds is 4. The second kappa shape index (κ2) is 6.70. The van der Waals surface area contributed by atoms with Crippen LogP contribution in [0.25, 0.3) is 0 Å². The molecule has 110 valence electrons. The van der Waals surface area contributed by atoms with Gasteiger partial charge in [-0.2, -0.15) is 0 Å². The summed E-state index contributed by atoms with van der Waals surface area (Å²) in [5.74, 6) is 0.0384. The Balaban J connectivity index is 1.94. The predicted molar refractivity (Wildman–Crippen MR) is 81.0 cm³/mol. The summed E-state index contributed by atoms with van der Waals surface area (Å²) in [5, 5.41) is 3.00. The summed E-state index contributed by atoms with van der Waals surface area (Å²) in [5.41, 5.74) is 1.45. The largest absolute Gasteiger partial charge is 0.387 e. The van der Waals surface area contributed by atoms with E-state index in [1.807, 2.05) is 18.0 Å². The number of hydrogen-bond acceptors (Lipinski definition) is 4. The number of pyridine rings is 1. The lowest BCUT2D eigenvalue weighted by Crippen LogP contribution is -2.51. The Morgan fingerprint density at radius 2 is 2.05 bits per heavy atom. The molecule has 1 unspecified atom stereocenters. The van der Waals surface area contributed by atoms with Crippen LogP contribution < -0.4 is 5.32 Å². The molecule has 1 fully saturated rings. The Labute approximate surface area is 121 Å². The molecule has 1 aliphatic rings. The minimum Gasteiger partial charge on any atom is -0.387 e. The van der Waals surface area contributed by atoms with Gasteiger partial charge in [0.05, 0.1) is 11.9 Å². The molecule has 0 radical (unpaired) electrons. The maximum atomic E-state index is 12.4. The molecule has 0 spiro atoms. The van der Waals surface area contributed by atoms with E-state index in [0.29, 0.717) is 11.7 Å². The third-order valence-electron chi connectivity index (χ3n) is 4.09. The number of anilines is 1. The van der Waals surface area contributed by atoms with E-state index in [9.17, 15) is 4.79 Å². The number of amides is 1. The van der Waals surface area contributed by atoms with Crippen molar-refractivity contribution in [1.29, 1.82) is 0 Å². The Kier molecular flexibility index (Phi) is 4.95. The van der Waals surface area contributed by atoms with Crippen molar-refractivity contribution in [3.63, 3.8) is 0 Å². The molecule has 2 heterocycles. The average molecular weight is 276 g/mol. The Bertz CT molecular complexity index is 438. The zero-order chi connectivity index (χ0) is 14.5. The van der Waals surface area contributed by atoms with Crippen LogP contribution in [-0.4, -0.2) is 60.0 Å². The van der Waals surface area contributed by atoms with Crippen molar-refractivity contribution in [2.75, 3.05) is 38.5 Å². The van der Waals surface area contributed by atoms with E-state index < -0.39 is 0 Å². The highest BCUT2D eigenvalue weighted by molar-refractivity contribution is 5.92. The number of hydrogen-bond donors (Lipinski definition) is 1. The SMILES string of the molecule is CCC(C)N1CCN(C(=O)c2ccc(NC)cn2)CC1. The smallest absolute Gasteiger partial charge is 0.272 e. The highest BCUT2D eigenvalue weighted by atomic mass is 16.2. The first kappa shape index (κ1) is 14.8. The lowest BCUT2D eigenvalue weighted by atomic mass is 10.2. The van der Waals surface area contributed by atoms with Crippen molar-refractivity contribution >= 4 is 11.6 Å². The van der Waals surface area contributed by atoms with Crippen molar-refractivity contribution in [2.24, 2.45) is 0 Å². The molecule has 1 aromatic heterocycles. The molecule has 0 aliphatic carbocycles. The standard InChI is InChI=1S/C15H24N4O/c1-4-12(2)18-7-9-19(10-8-18)15(20)14-6-5-13(16-3)11-17-14/h5-6,11-12,16H,4,7-10H2,1-3H3. The summed E-state index contributed by atoms with van der Waals surface area (Å²) in [6, 6.07) is 4.27. The molecule has 1 saturated heterocycles. The van der Waals surface area contributed by atoms with Gasteiger partial charge in [0.1, 0.15) is 5.69 Å². The van der Waals surface area contributed by atoms with Gasteiger partial charge >= 0.3 is 0 Å². The van der Waals surface area contributed by atoms with Gasteiger partial charge in [0.15, 0.2) is 0 Å². The van der Waals surface area contributed by atoms with Gasteiger partial charge in [0.25, 0.3) is 5.91 Å². The van der Waals surface area contributed by atoms with Gasteiger partial charge in [-0.3, -0.25) is 9.69 Å². The van der Waals surface area contributed by atoms with E-state index in [4.69, 9.17) is 0 Å². The number of nitrogens with zero attached hydrogens (tertiary/aromatic N) is 3. The summed E-state index contributed by atoms with van der Waals surface area (Å²) in [4.78, 5) is 20.9. The fraction of sp³-hybridized carbons (Fsp3) is 0.600. The minimum absolute atomic E-state index is 0.0384. The predicted octanol–water partition coefficient (Wildman–Crippen LogP) is 1.68. The number of aromatic nitrogens is 1. The lowest BCUT2D eigenvalue weighted by Gasteiger charge is -2.37. The van der Waals surface area contributed by atoms with Gasteiger partial charge < -0.3 is 10.2 Å². The lowest BCUT2D eigenvalue weighted by molar-refractivity contribution is 0.0574. The molecule has 0 aromatic carbocycles. The highest BCUT2D eigenvalue weighted by Gasteiger charge is 2.24. The first-order chi connectivity index (χ1) is 9.65. The third-order valence-corrected chi connectivity index (χ3v) is 4.09. The Hall–Kier alpha value is -1.62. The summed E-state index contributed by atoms with van der Waals surface area (Å²) >= 11 is 0. The molecular weight excluding hydrogens is 252 g/mol. The molecule has 2 rings (SSSR count). The van der Waals surface area contributed by atoms with Gasteiger partial charge in [0.2, 0.25) is 0 Å². The van der Waals surface area contributed by atoms with Gasteiger partial charge in [-0.05, 0) is 25.5 Å². The number of carbonyl (C=O) groups is 1. The summed E-state index contributed by atoms with van der Waals surface area (Å²) < 4.78 is 0. The van der Waals surface area contributed by atoms with Crippen molar-refractivity contribution in [3.8, 4) is 0 Å².